The minimum Gasteiger partial charge on any atom is -0.381 e. The van der Waals surface area contributed by atoms with Crippen molar-refractivity contribution < 1.29 is 9.47 Å². The second-order valence-corrected chi connectivity index (χ2v) is 5.70. The van der Waals surface area contributed by atoms with Crippen molar-refractivity contribution in [3.63, 3.8) is 0 Å². The predicted molar refractivity (Wildman–Crippen MR) is 68.1 cm³/mol. The van der Waals surface area contributed by atoms with Gasteiger partial charge in [0.05, 0.1) is 6.10 Å². The van der Waals surface area contributed by atoms with Crippen LogP contribution in [0.4, 0.5) is 0 Å². The first kappa shape index (κ1) is 12.7. The Morgan fingerprint density at radius 3 is 2.75 bits per heavy atom. The molecule has 2 aliphatic heterocycles. The summed E-state index contributed by atoms with van der Waals surface area (Å²) in [7, 11) is 0. The maximum absolute atomic E-state index is 5.59. The van der Waals surface area contributed by atoms with Gasteiger partial charge >= 0.3 is 0 Å². The van der Waals surface area contributed by atoms with E-state index in [4.69, 9.17) is 9.47 Å². The molecule has 3 nitrogen and oxygen atoms in total. The van der Waals surface area contributed by atoms with Gasteiger partial charge < -0.3 is 14.8 Å². The Bertz CT molecular complexity index is 180. The molecule has 16 heavy (non-hydrogen) atoms. The van der Waals surface area contributed by atoms with E-state index in [1.807, 2.05) is 11.8 Å². The predicted octanol–water partition coefficient (Wildman–Crippen LogP) is 1.67. The third kappa shape index (κ3) is 4.62. The minimum atomic E-state index is 0.535. The van der Waals surface area contributed by atoms with Gasteiger partial charge in [0.25, 0.3) is 0 Å². The first-order chi connectivity index (χ1) is 7.95. The molecule has 0 aliphatic carbocycles. The second-order valence-electron chi connectivity index (χ2n) is 4.55. The summed E-state index contributed by atoms with van der Waals surface area (Å²) in [5.41, 5.74) is 0. The average Bonchev–Trinajstić information content (AvgIpc) is 2.83. The number of thioether (sulfide) groups is 1. The summed E-state index contributed by atoms with van der Waals surface area (Å²) in [6.07, 6.45) is 5.41. The van der Waals surface area contributed by atoms with Crippen LogP contribution in [0.15, 0.2) is 0 Å². The molecule has 2 aliphatic rings. The van der Waals surface area contributed by atoms with E-state index in [1.165, 1.54) is 37.2 Å². The van der Waals surface area contributed by atoms with E-state index in [2.05, 4.69) is 5.32 Å². The van der Waals surface area contributed by atoms with Crippen LogP contribution in [0.2, 0.25) is 0 Å². The van der Waals surface area contributed by atoms with Crippen molar-refractivity contribution in [1.82, 2.24) is 5.32 Å². The van der Waals surface area contributed by atoms with Crippen LogP contribution < -0.4 is 5.32 Å². The molecule has 94 valence electrons. The lowest BCUT2D eigenvalue weighted by atomic mass is 10.1. The van der Waals surface area contributed by atoms with E-state index < -0.39 is 0 Å². The van der Waals surface area contributed by atoms with E-state index in [1.54, 1.807) is 0 Å². The molecule has 0 amide bonds. The normalized spacial score (nSPS) is 27.4. The molecule has 2 saturated heterocycles. The van der Waals surface area contributed by atoms with Gasteiger partial charge in [0.2, 0.25) is 0 Å². The van der Waals surface area contributed by atoms with Crippen molar-refractivity contribution in [2.45, 2.75) is 37.8 Å². The fourth-order valence-corrected chi connectivity index (χ4v) is 3.18. The van der Waals surface area contributed by atoms with Crippen LogP contribution in [0.25, 0.3) is 0 Å². The van der Waals surface area contributed by atoms with Gasteiger partial charge in [-0.2, -0.15) is 11.8 Å². The highest BCUT2D eigenvalue weighted by molar-refractivity contribution is 7.99. The molecule has 0 aromatic heterocycles. The number of rotatable bonds is 6. The van der Waals surface area contributed by atoms with Crippen molar-refractivity contribution in [2.75, 3.05) is 37.9 Å². The summed E-state index contributed by atoms with van der Waals surface area (Å²) in [6.45, 7) is 3.97. The summed E-state index contributed by atoms with van der Waals surface area (Å²) in [5.74, 6) is 2.38. The fraction of sp³-hybridized carbons (Fsp3) is 1.00. The summed E-state index contributed by atoms with van der Waals surface area (Å²) in [4.78, 5) is 0. The second kappa shape index (κ2) is 7.54. The summed E-state index contributed by atoms with van der Waals surface area (Å²) in [5, 5.41) is 3.61. The van der Waals surface area contributed by atoms with Crippen LogP contribution >= 0.6 is 11.8 Å². The van der Waals surface area contributed by atoms with Gasteiger partial charge in [0.15, 0.2) is 0 Å². The highest BCUT2D eigenvalue weighted by Crippen LogP contribution is 2.16. The maximum atomic E-state index is 5.59. The number of hydrogen-bond acceptors (Lipinski definition) is 4. The Morgan fingerprint density at radius 2 is 2.00 bits per heavy atom. The molecule has 0 saturated carbocycles. The van der Waals surface area contributed by atoms with Crippen LogP contribution in [-0.4, -0.2) is 50.0 Å². The van der Waals surface area contributed by atoms with Gasteiger partial charge in [0.1, 0.15) is 0 Å². The minimum absolute atomic E-state index is 0.535. The number of nitrogens with one attached hydrogen (secondary N) is 1. The van der Waals surface area contributed by atoms with Crippen LogP contribution in [0.1, 0.15) is 25.7 Å². The van der Waals surface area contributed by atoms with E-state index in [0.29, 0.717) is 12.1 Å². The molecule has 0 spiro atoms. The van der Waals surface area contributed by atoms with Crippen molar-refractivity contribution >= 4 is 11.8 Å². The van der Waals surface area contributed by atoms with Gasteiger partial charge in [0, 0.05) is 43.9 Å². The third-order valence-electron chi connectivity index (χ3n) is 3.23. The lowest BCUT2D eigenvalue weighted by Crippen LogP contribution is -2.36. The van der Waals surface area contributed by atoms with Gasteiger partial charge in [-0.1, -0.05) is 0 Å². The third-order valence-corrected chi connectivity index (χ3v) is 4.33. The van der Waals surface area contributed by atoms with Gasteiger partial charge in [-0.3, -0.25) is 0 Å². The highest BCUT2D eigenvalue weighted by atomic mass is 32.2. The SMILES string of the molecule is C1COC(CSCCNC2CCOCC2)C1. The quantitative estimate of drug-likeness (QED) is 0.721. The molecule has 4 heteroatoms. The molecule has 1 N–H and O–H groups in total. The Kier molecular flexibility index (Phi) is 5.97. The first-order valence-electron chi connectivity index (χ1n) is 6.45. The first-order valence-corrected chi connectivity index (χ1v) is 7.61. The molecule has 2 fully saturated rings. The summed E-state index contributed by atoms with van der Waals surface area (Å²) < 4.78 is 10.9. The van der Waals surface area contributed by atoms with Crippen LogP contribution in [0, 0.1) is 0 Å². The zero-order valence-electron chi connectivity index (χ0n) is 9.95. The molecule has 2 rings (SSSR count). The maximum Gasteiger partial charge on any atom is 0.0666 e. The van der Waals surface area contributed by atoms with Gasteiger partial charge in [-0.25, -0.2) is 0 Å². The molecule has 0 aromatic carbocycles. The number of hydrogen-bond donors (Lipinski definition) is 1. The Hall–Kier alpha value is 0.230. The standard InChI is InChI=1S/C12H23NO2S/c1-2-12(15-6-1)10-16-9-5-13-11-3-7-14-8-4-11/h11-13H,1-10H2. The summed E-state index contributed by atoms with van der Waals surface area (Å²) in [6, 6.07) is 0.692. The van der Waals surface area contributed by atoms with E-state index in [9.17, 15) is 0 Å². The molecule has 0 bridgehead atoms. The number of ether oxygens (including phenoxy) is 2. The zero-order chi connectivity index (χ0) is 11.1. The lowest BCUT2D eigenvalue weighted by molar-refractivity contribution is 0.0786. The van der Waals surface area contributed by atoms with Crippen LogP contribution in [0.5, 0.6) is 0 Å². The van der Waals surface area contributed by atoms with Crippen molar-refractivity contribution in [3.05, 3.63) is 0 Å². The van der Waals surface area contributed by atoms with E-state index in [0.717, 1.165) is 26.4 Å². The highest BCUT2D eigenvalue weighted by Gasteiger charge is 2.15. The monoisotopic (exact) mass is 245 g/mol. The topological polar surface area (TPSA) is 30.5 Å². The van der Waals surface area contributed by atoms with Crippen LogP contribution in [0.3, 0.4) is 0 Å². The fourth-order valence-electron chi connectivity index (χ4n) is 2.23. The molecular weight excluding hydrogens is 222 g/mol. The van der Waals surface area contributed by atoms with Crippen LogP contribution in [-0.2, 0) is 9.47 Å². The van der Waals surface area contributed by atoms with Crippen molar-refractivity contribution in [3.8, 4) is 0 Å². The Labute approximate surface area is 103 Å². The Balaban J connectivity index is 1.42. The summed E-state index contributed by atoms with van der Waals surface area (Å²) >= 11 is 2.02. The molecule has 0 radical (unpaired) electrons. The van der Waals surface area contributed by atoms with E-state index >= 15 is 0 Å². The molecule has 0 aromatic rings. The molecule has 1 unspecified atom stereocenters. The Morgan fingerprint density at radius 1 is 1.12 bits per heavy atom. The van der Waals surface area contributed by atoms with Crippen molar-refractivity contribution in [1.29, 1.82) is 0 Å². The van der Waals surface area contributed by atoms with E-state index in [-0.39, 0.29) is 0 Å². The lowest BCUT2D eigenvalue weighted by Gasteiger charge is -2.23. The largest absolute Gasteiger partial charge is 0.381 e. The molecule has 2 heterocycles. The average molecular weight is 245 g/mol. The van der Waals surface area contributed by atoms with Gasteiger partial charge in [-0.15, -0.1) is 0 Å². The molecule has 1 atom stereocenters. The zero-order valence-corrected chi connectivity index (χ0v) is 10.8. The van der Waals surface area contributed by atoms with Crippen molar-refractivity contribution in [2.24, 2.45) is 0 Å². The van der Waals surface area contributed by atoms with Gasteiger partial charge in [-0.05, 0) is 25.7 Å². The molecular formula is C12H23NO2S. The smallest absolute Gasteiger partial charge is 0.0666 e.